The zero-order valence-electron chi connectivity index (χ0n) is 15.3. The maximum absolute atomic E-state index is 12.6. The van der Waals surface area contributed by atoms with E-state index in [1.165, 1.54) is 0 Å². The van der Waals surface area contributed by atoms with E-state index in [0.717, 1.165) is 28.0 Å². The molecule has 4 nitrogen and oxygen atoms in total. The van der Waals surface area contributed by atoms with Crippen molar-refractivity contribution in [2.45, 2.75) is 11.8 Å². The fourth-order valence-electron chi connectivity index (χ4n) is 3.17. The number of nitrogens with one attached hydrogen (secondary N) is 2. The van der Waals surface area contributed by atoms with E-state index >= 15 is 0 Å². The SMILES string of the molecule is O=C(CSCc1nc2ccccc2[nH]1)NC(c1ccccc1)c1ccccc1. The Bertz CT molecular complexity index is 975. The van der Waals surface area contributed by atoms with Gasteiger partial charge in [0.2, 0.25) is 5.91 Å². The number of fused-ring (bicyclic) bond motifs is 1. The lowest BCUT2D eigenvalue weighted by molar-refractivity contribution is -0.119. The third-order valence-electron chi connectivity index (χ3n) is 4.48. The summed E-state index contributed by atoms with van der Waals surface area (Å²) in [5.41, 5.74) is 4.13. The molecule has 140 valence electrons. The number of thioether (sulfide) groups is 1. The van der Waals surface area contributed by atoms with Gasteiger partial charge in [0.15, 0.2) is 0 Å². The second-order valence-electron chi connectivity index (χ2n) is 6.52. The molecule has 0 radical (unpaired) electrons. The lowest BCUT2D eigenvalue weighted by Gasteiger charge is -2.19. The Morgan fingerprint density at radius 2 is 1.50 bits per heavy atom. The molecule has 0 aliphatic rings. The monoisotopic (exact) mass is 387 g/mol. The van der Waals surface area contributed by atoms with E-state index in [4.69, 9.17) is 0 Å². The number of amides is 1. The molecule has 5 heteroatoms. The van der Waals surface area contributed by atoms with Gasteiger partial charge < -0.3 is 10.3 Å². The molecule has 0 unspecified atom stereocenters. The second-order valence-corrected chi connectivity index (χ2v) is 7.50. The van der Waals surface area contributed by atoms with E-state index in [1.807, 2.05) is 84.9 Å². The number of carbonyl (C=O) groups is 1. The van der Waals surface area contributed by atoms with Gasteiger partial charge in [-0.25, -0.2) is 4.98 Å². The number of H-pyrrole nitrogens is 1. The molecular formula is C23H21N3OS. The highest BCUT2D eigenvalue weighted by molar-refractivity contribution is 7.99. The van der Waals surface area contributed by atoms with Gasteiger partial charge >= 0.3 is 0 Å². The minimum absolute atomic E-state index is 0.0128. The molecule has 2 N–H and O–H groups in total. The Morgan fingerprint density at radius 3 is 2.14 bits per heavy atom. The summed E-state index contributed by atoms with van der Waals surface area (Å²) in [5.74, 6) is 1.96. The molecule has 1 heterocycles. The maximum atomic E-state index is 12.6. The van der Waals surface area contributed by atoms with Crippen LogP contribution in [0.4, 0.5) is 0 Å². The number of para-hydroxylation sites is 2. The molecule has 0 saturated heterocycles. The Hall–Kier alpha value is -3.05. The Balaban J connectivity index is 1.39. The molecule has 3 aromatic carbocycles. The molecule has 4 rings (SSSR count). The van der Waals surface area contributed by atoms with Gasteiger partial charge in [-0.15, -0.1) is 11.8 Å². The highest BCUT2D eigenvalue weighted by Crippen LogP contribution is 2.22. The number of aromatic nitrogens is 2. The summed E-state index contributed by atoms with van der Waals surface area (Å²) >= 11 is 1.56. The number of benzene rings is 3. The third-order valence-corrected chi connectivity index (χ3v) is 5.43. The van der Waals surface area contributed by atoms with Crippen molar-refractivity contribution >= 4 is 28.7 Å². The third kappa shape index (κ3) is 4.43. The van der Waals surface area contributed by atoms with Gasteiger partial charge in [0.25, 0.3) is 0 Å². The van der Waals surface area contributed by atoms with E-state index in [1.54, 1.807) is 11.8 Å². The molecular weight excluding hydrogens is 366 g/mol. The molecule has 0 saturated carbocycles. The van der Waals surface area contributed by atoms with Crippen LogP contribution in [-0.2, 0) is 10.5 Å². The Morgan fingerprint density at radius 1 is 0.893 bits per heavy atom. The van der Waals surface area contributed by atoms with Gasteiger partial charge in [0.05, 0.1) is 28.6 Å². The van der Waals surface area contributed by atoms with Crippen LogP contribution < -0.4 is 5.32 Å². The maximum Gasteiger partial charge on any atom is 0.230 e. The van der Waals surface area contributed by atoms with Crippen LogP contribution in [0.3, 0.4) is 0 Å². The number of carbonyl (C=O) groups excluding carboxylic acids is 1. The first kappa shape index (κ1) is 18.3. The largest absolute Gasteiger partial charge is 0.344 e. The predicted molar refractivity (Wildman–Crippen MR) is 115 cm³/mol. The summed E-state index contributed by atoms with van der Waals surface area (Å²) in [4.78, 5) is 20.5. The first-order valence-corrected chi connectivity index (χ1v) is 10.4. The fourth-order valence-corrected chi connectivity index (χ4v) is 3.87. The van der Waals surface area contributed by atoms with E-state index in [2.05, 4.69) is 15.3 Å². The first-order valence-electron chi connectivity index (χ1n) is 9.20. The molecule has 0 bridgehead atoms. The average Bonchev–Trinajstić information content (AvgIpc) is 3.16. The summed E-state index contributed by atoms with van der Waals surface area (Å²) < 4.78 is 0. The fraction of sp³-hybridized carbons (Fsp3) is 0.130. The van der Waals surface area contributed by atoms with Crippen molar-refractivity contribution in [1.29, 1.82) is 0 Å². The number of hydrogen-bond acceptors (Lipinski definition) is 3. The van der Waals surface area contributed by atoms with E-state index in [9.17, 15) is 4.79 Å². The van der Waals surface area contributed by atoms with Crippen molar-refractivity contribution < 1.29 is 4.79 Å². The second kappa shape index (κ2) is 8.76. The zero-order chi connectivity index (χ0) is 19.2. The Labute approximate surface area is 168 Å². The number of imidazole rings is 1. The molecule has 0 aliphatic heterocycles. The number of nitrogens with zero attached hydrogens (tertiary/aromatic N) is 1. The van der Waals surface area contributed by atoms with Crippen LogP contribution in [0, 0.1) is 0 Å². The number of rotatable bonds is 7. The van der Waals surface area contributed by atoms with Crippen LogP contribution in [0.5, 0.6) is 0 Å². The highest BCUT2D eigenvalue weighted by Gasteiger charge is 2.16. The Kier molecular flexibility index (Phi) is 5.73. The molecule has 0 fully saturated rings. The number of aromatic amines is 1. The van der Waals surface area contributed by atoms with Gasteiger partial charge in [-0.2, -0.15) is 0 Å². The summed E-state index contributed by atoms with van der Waals surface area (Å²) in [6, 6.07) is 27.9. The van der Waals surface area contributed by atoms with Crippen molar-refractivity contribution in [3.05, 3.63) is 102 Å². The standard InChI is InChI=1S/C23H21N3OS/c27-22(16-28-15-21-24-19-13-7-8-14-20(19)25-21)26-23(17-9-3-1-4-10-17)18-11-5-2-6-12-18/h1-14,23H,15-16H2,(H,24,25)(H,26,27). The zero-order valence-corrected chi connectivity index (χ0v) is 16.2. The molecule has 0 spiro atoms. The van der Waals surface area contributed by atoms with Gasteiger partial charge in [-0.05, 0) is 23.3 Å². The predicted octanol–water partition coefficient (Wildman–Crippen LogP) is 4.70. The van der Waals surface area contributed by atoms with E-state index in [0.29, 0.717) is 11.5 Å². The van der Waals surface area contributed by atoms with Crippen molar-refractivity contribution in [1.82, 2.24) is 15.3 Å². The lowest BCUT2D eigenvalue weighted by Crippen LogP contribution is -2.30. The smallest absolute Gasteiger partial charge is 0.230 e. The van der Waals surface area contributed by atoms with Crippen LogP contribution in [0.2, 0.25) is 0 Å². The van der Waals surface area contributed by atoms with Crippen molar-refractivity contribution in [3.63, 3.8) is 0 Å². The summed E-state index contributed by atoms with van der Waals surface area (Å²) in [6.07, 6.45) is 0. The first-order chi connectivity index (χ1) is 13.8. The van der Waals surface area contributed by atoms with Crippen LogP contribution in [-0.4, -0.2) is 21.6 Å². The van der Waals surface area contributed by atoms with Gasteiger partial charge in [-0.3, -0.25) is 4.79 Å². The topological polar surface area (TPSA) is 57.8 Å². The van der Waals surface area contributed by atoms with Crippen molar-refractivity contribution in [2.24, 2.45) is 0 Å². The van der Waals surface area contributed by atoms with Crippen molar-refractivity contribution in [2.75, 3.05) is 5.75 Å². The van der Waals surface area contributed by atoms with Gasteiger partial charge in [0.1, 0.15) is 5.82 Å². The molecule has 28 heavy (non-hydrogen) atoms. The average molecular weight is 388 g/mol. The van der Waals surface area contributed by atoms with Gasteiger partial charge in [0, 0.05) is 0 Å². The summed E-state index contributed by atoms with van der Waals surface area (Å²) in [7, 11) is 0. The normalized spacial score (nSPS) is 11.0. The summed E-state index contributed by atoms with van der Waals surface area (Å²) in [5, 5.41) is 3.17. The minimum atomic E-state index is -0.151. The highest BCUT2D eigenvalue weighted by atomic mass is 32.2. The minimum Gasteiger partial charge on any atom is -0.344 e. The van der Waals surface area contributed by atoms with Crippen molar-refractivity contribution in [3.8, 4) is 0 Å². The molecule has 1 aromatic heterocycles. The summed E-state index contributed by atoms with van der Waals surface area (Å²) in [6.45, 7) is 0. The van der Waals surface area contributed by atoms with Crippen LogP contribution in [0.25, 0.3) is 11.0 Å². The van der Waals surface area contributed by atoms with E-state index in [-0.39, 0.29) is 11.9 Å². The molecule has 4 aromatic rings. The quantitative estimate of drug-likeness (QED) is 0.483. The lowest BCUT2D eigenvalue weighted by atomic mass is 9.99. The number of hydrogen-bond donors (Lipinski definition) is 2. The molecule has 0 atom stereocenters. The van der Waals surface area contributed by atoms with E-state index < -0.39 is 0 Å². The van der Waals surface area contributed by atoms with Crippen LogP contribution in [0.1, 0.15) is 23.0 Å². The van der Waals surface area contributed by atoms with Gasteiger partial charge in [-0.1, -0.05) is 72.8 Å². The van der Waals surface area contributed by atoms with Crippen LogP contribution >= 0.6 is 11.8 Å². The van der Waals surface area contributed by atoms with Crippen LogP contribution in [0.15, 0.2) is 84.9 Å². The molecule has 0 aliphatic carbocycles. The molecule has 1 amide bonds.